The highest BCUT2D eigenvalue weighted by molar-refractivity contribution is 6.02. The van der Waals surface area contributed by atoms with Gasteiger partial charge in [-0.15, -0.1) is 0 Å². The molecule has 0 aliphatic carbocycles. The standard InChI is InChI=1S/C12H12FNO2/c1-12(2,7-14)11(15)9-5-4-8(16-3)6-10(9)13/h4-6H,1-3H3. The number of nitriles is 1. The second-order valence-corrected chi connectivity index (χ2v) is 3.91. The lowest BCUT2D eigenvalue weighted by molar-refractivity contribution is 0.0887. The van der Waals surface area contributed by atoms with Crippen LogP contribution >= 0.6 is 0 Å². The number of Topliss-reactive ketones (excluding diaryl/α,β-unsaturated/α-hetero) is 1. The fourth-order valence-electron chi connectivity index (χ4n) is 1.19. The highest BCUT2D eigenvalue weighted by Gasteiger charge is 2.30. The Labute approximate surface area is 93.5 Å². The average Bonchev–Trinajstić information content (AvgIpc) is 2.28. The molecule has 3 nitrogen and oxygen atoms in total. The second kappa shape index (κ2) is 4.31. The van der Waals surface area contributed by atoms with Crippen molar-refractivity contribution in [2.75, 3.05) is 7.11 Å². The minimum Gasteiger partial charge on any atom is -0.497 e. The van der Waals surface area contributed by atoms with E-state index in [1.807, 2.05) is 6.07 Å². The van der Waals surface area contributed by atoms with Gasteiger partial charge in [0.25, 0.3) is 0 Å². The summed E-state index contributed by atoms with van der Waals surface area (Å²) < 4.78 is 18.4. The number of hydrogen-bond acceptors (Lipinski definition) is 3. The lowest BCUT2D eigenvalue weighted by atomic mass is 9.86. The molecule has 0 aromatic heterocycles. The smallest absolute Gasteiger partial charge is 0.185 e. The zero-order valence-corrected chi connectivity index (χ0v) is 9.37. The number of ether oxygens (including phenoxy) is 1. The predicted octanol–water partition coefficient (Wildman–Crippen LogP) is 2.57. The lowest BCUT2D eigenvalue weighted by Crippen LogP contribution is -2.23. The molecule has 0 unspecified atom stereocenters. The van der Waals surface area contributed by atoms with E-state index in [1.54, 1.807) is 0 Å². The van der Waals surface area contributed by atoms with Crippen molar-refractivity contribution in [1.82, 2.24) is 0 Å². The van der Waals surface area contributed by atoms with Crippen LogP contribution in [0, 0.1) is 22.6 Å². The first-order valence-electron chi connectivity index (χ1n) is 4.72. The number of carbonyl (C=O) groups is 1. The van der Waals surface area contributed by atoms with Crippen molar-refractivity contribution in [3.8, 4) is 11.8 Å². The van der Waals surface area contributed by atoms with Gasteiger partial charge in [0.15, 0.2) is 5.78 Å². The highest BCUT2D eigenvalue weighted by atomic mass is 19.1. The van der Waals surface area contributed by atoms with Crippen LogP contribution in [0.2, 0.25) is 0 Å². The Bertz CT molecular complexity index is 461. The van der Waals surface area contributed by atoms with Crippen LogP contribution in [0.5, 0.6) is 5.75 Å². The molecule has 16 heavy (non-hydrogen) atoms. The molecule has 0 fully saturated rings. The summed E-state index contributed by atoms with van der Waals surface area (Å²) in [6, 6.07) is 5.79. The van der Waals surface area contributed by atoms with Gasteiger partial charge in [0.05, 0.1) is 18.7 Å². The molecular formula is C12H12FNO2. The first kappa shape index (κ1) is 12.2. The molecule has 0 radical (unpaired) electrons. The topological polar surface area (TPSA) is 50.1 Å². The summed E-state index contributed by atoms with van der Waals surface area (Å²) >= 11 is 0. The monoisotopic (exact) mass is 221 g/mol. The zero-order chi connectivity index (χ0) is 12.3. The van der Waals surface area contributed by atoms with Crippen LogP contribution in [0.1, 0.15) is 24.2 Å². The van der Waals surface area contributed by atoms with Crippen LogP contribution in [0.3, 0.4) is 0 Å². The van der Waals surface area contributed by atoms with E-state index in [2.05, 4.69) is 0 Å². The molecule has 84 valence electrons. The van der Waals surface area contributed by atoms with Crippen molar-refractivity contribution in [2.45, 2.75) is 13.8 Å². The van der Waals surface area contributed by atoms with E-state index in [0.29, 0.717) is 5.75 Å². The van der Waals surface area contributed by atoms with Gasteiger partial charge in [0, 0.05) is 6.07 Å². The Morgan fingerprint density at radius 3 is 2.56 bits per heavy atom. The van der Waals surface area contributed by atoms with E-state index < -0.39 is 17.0 Å². The van der Waals surface area contributed by atoms with Crippen LogP contribution in [-0.4, -0.2) is 12.9 Å². The van der Waals surface area contributed by atoms with E-state index in [1.165, 1.54) is 33.1 Å². The number of halogens is 1. The number of ketones is 1. The molecule has 0 atom stereocenters. The van der Waals surface area contributed by atoms with Crippen LogP contribution in [0.15, 0.2) is 18.2 Å². The minimum atomic E-state index is -1.23. The van der Waals surface area contributed by atoms with Crippen LogP contribution in [0.25, 0.3) is 0 Å². The second-order valence-electron chi connectivity index (χ2n) is 3.91. The SMILES string of the molecule is COc1ccc(C(=O)C(C)(C)C#N)c(F)c1. The minimum absolute atomic E-state index is 0.0904. The summed E-state index contributed by atoms with van der Waals surface area (Å²) in [5.74, 6) is -0.869. The Balaban J connectivity index is 3.17. The van der Waals surface area contributed by atoms with Gasteiger partial charge in [-0.2, -0.15) is 5.26 Å². The summed E-state index contributed by atoms with van der Waals surface area (Å²) in [5.41, 5.74) is -1.32. The van der Waals surface area contributed by atoms with Gasteiger partial charge in [-0.1, -0.05) is 0 Å². The third-order valence-corrected chi connectivity index (χ3v) is 2.27. The van der Waals surface area contributed by atoms with E-state index in [-0.39, 0.29) is 5.56 Å². The number of methoxy groups -OCH3 is 1. The normalized spacial score (nSPS) is 10.7. The number of benzene rings is 1. The molecule has 0 saturated carbocycles. The van der Waals surface area contributed by atoms with Crippen molar-refractivity contribution in [3.63, 3.8) is 0 Å². The van der Waals surface area contributed by atoms with Crippen molar-refractivity contribution in [2.24, 2.45) is 5.41 Å². The molecule has 0 N–H and O–H groups in total. The first-order chi connectivity index (χ1) is 7.42. The summed E-state index contributed by atoms with van der Waals surface area (Å²) in [7, 11) is 1.41. The quantitative estimate of drug-likeness (QED) is 0.737. The molecule has 1 aromatic rings. The zero-order valence-electron chi connectivity index (χ0n) is 9.37. The van der Waals surface area contributed by atoms with Crippen LogP contribution in [-0.2, 0) is 0 Å². The van der Waals surface area contributed by atoms with Gasteiger partial charge in [-0.25, -0.2) is 4.39 Å². The Morgan fingerprint density at radius 2 is 2.12 bits per heavy atom. The van der Waals surface area contributed by atoms with E-state index in [9.17, 15) is 9.18 Å². The average molecular weight is 221 g/mol. The van der Waals surface area contributed by atoms with Crippen molar-refractivity contribution >= 4 is 5.78 Å². The van der Waals surface area contributed by atoms with Gasteiger partial charge in [-0.05, 0) is 26.0 Å². The molecule has 4 heteroatoms. The summed E-state index contributed by atoms with van der Waals surface area (Å²) in [6.45, 7) is 2.91. The van der Waals surface area contributed by atoms with Gasteiger partial charge in [0.1, 0.15) is 17.0 Å². The molecule has 0 aliphatic rings. The first-order valence-corrected chi connectivity index (χ1v) is 4.72. The highest BCUT2D eigenvalue weighted by Crippen LogP contribution is 2.24. The molecule has 0 saturated heterocycles. The van der Waals surface area contributed by atoms with Gasteiger partial charge in [0.2, 0.25) is 0 Å². The largest absolute Gasteiger partial charge is 0.497 e. The fraction of sp³-hybridized carbons (Fsp3) is 0.333. The fourth-order valence-corrected chi connectivity index (χ4v) is 1.19. The Morgan fingerprint density at radius 1 is 1.50 bits per heavy atom. The van der Waals surface area contributed by atoms with Crippen LogP contribution in [0.4, 0.5) is 4.39 Å². The number of rotatable bonds is 3. The van der Waals surface area contributed by atoms with E-state index >= 15 is 0 Å². The summed E-state index contributed by atoms with van der Waals surface area (Å²) in [4.78, 5) is 11.8. The van der Waals surface area contributed by atoms with Crippen molar-refractivity contribution in [1.29, 1.82) is 5.26 Å². The molecule has 1 aromatic carbocycles. The van der Waals surface area contributed by atoms with Crippen molar-refractivity contribution in [3.05, 3.63) is 29.6 Å². The Kier molecular flexibility index (Phi) is 3.28. The van der Waals surface area contributed by atoms with Crippen molar-refractivity contribution < 1.29 is 13.9 Å². The third-order valence-electron chi connectivity index (χ3n) is 2.27. The summed E-state index contributed by atoms with van der Waals surface area (Å²) in [6.07, 6.45) is 0. The summed E-state index contributed by atoms with van der Waals surface area (Å²) in [5, 5.41) is 8.80. The maximum atomic E-state index is 13.5. The van der Waals surface area contributed by atoms with Crippen LogP contribution < -0.4 is 4.74 Å². The molecule has 0 bridgehead atoms. The maximum absolute atomic E-state index is 13.5. The number of carbonyl (C=O) groups excluding carboxylic acids is 1. The van der Waals surface area contributed by atoms with E-state index in [4.69, 9.17) is 10.00 Å². The number of nitrogens with zero attached hydrogens (tertiary/aromatic N) is 1. The molecule has 0 spiro atoms. The van der Waals surface area contributed by atoms with Gasteiger partial charge < -0.3 is 4.74 Å². The molecule has 0 amide bonds. The third kappa shape index (κ3) is 2.19. The predicted molar refractivity (Wildman–Crippen MR) is 56.7 cm³/mol. The molecule has 1 rings (SSSR count). The van der Waals surface area contributed by atoms with E-state index in [0.717, 1.165) is 6.07 Å². The van der Waals surface area contributed by atoms with Gasteiger partial charge in [-0.3, -0.25) is 4.79 Å². The molecular weight excluding hydrogens is 209 g/mol. The maximum Gasteiger partial charge on any atom is 0.185 e. The van der Waals surface area contributed by atoms with Gasteiger partial charge >= 0.3 is 0 Å². The number of hydrogen-bond donors (Lipinski definition) is 0. The lowest BCUT2D eigenvalue weighted by Gasteiger charge is -2.14. The molecule has 0 aliphatic heterocycles. The molecule has 0 heterocycles. The Hall–Kier alpha value is -1.89.